The van der Waals surface area contributed by atoms with E-state index in [4.69, 9.17) is 5.11 Å². The molecular formula is C11H13F3O4. The quantitative estimate of drug-likeness (QED) is 0.752. The minimum Gasteiger partial charge on any atom is -0.406 e. The van der Waals surface area contributed by atoms with Gasteiger partial charge in [-0.05, 0) is 24.1 Å². The monoisotopic (exact) mass is 266 g/mol. The van der Waals surface area contributed by atoms with Gasteiger partial charge < -0.3 is 20.1 Å². The number of halogens is 3. The van der Waals surface area contributed by atoms with Crippen LogP contribution in [-0.4, -0.2) is 34.4 Å². The number of aliphatic hydroxyl groups excluding tert-OH is 3. The molecule has 0 radical (unpaired) electrons. The van der Waals surface area contributed by atoms with Crippen LogP contribution in [0.15, 0.2) is 24.3 Å². The molecule has 0 heterocycles. The van der Waals surface area contributed by atoms with Crippen LogP contribution in [0, 0.1) is 0 Å². The minimum absolute atomic E-state index is 0.0779. The van der Waals surface area contributed by atoms with Crippen LogP contribution in [0.4, 0.5) is 13.2 Å². The lowest BCUT2D eigenvalue weighted by atomic mass is 10.0. The molecule has 102 valence electrons. The molecule has 0 aliphatic heterocycles. The van der Waals surface area contributed by atoms with Gasteiger partial charge in [0.25, 0.3) is 0 Å². The van der Waals surface area contributed by atoms with Gasteiger partial charge in [0.1, 0.15) is 11.9 Å². The number of hydrogen-bond acceptors (Lipinski definition) is 4. The van der Waals surface area contributed by atoms with Crippen LogP contribution in [0.25, 0.3) is 0 Å². The fraction of sp³-hybridized carbons (Fsp3) is 0.455. The third kappa shape index (κ3) is 4.52. The highest BCUT2D eigenvalue weighted by molar-refractivity contribution is 5.30. The van der Waals surface area contributed by atoms with E-state index >= 15 is 0 Å². The highest BCUT2D eigenvalue weighted by atomic mass is 19.4. The van der Waals surface area contributed by atoms with E-state index in [1.165, 1.54) is 12.1 Å². The van der Waals surface area contributed by atoms with Crippen molar-refractivity contribution in [3.05, 3.63) is 29.8 Å². The third-order valence-corrected chi connectivity index (χ3v) is 2.22. The van der Waals surface area contributed by atoms with E-state index in [9.17, 15) is 23.4 Å². The highest BCUT2D eigenvalue weighted by Gasteiger charge is 2.31. The van der Waals surface area contributed by atoms with Crippen molar-refractivity contribution >= 4 is 0 Å². The maximum atomic E-state index is 12.0. The average Bonchev–Trinajstić information content (AvgIpc) is 2.26. The zero-order valence-corrected chi connectivity index (χ0v) is 9.26. The second-order valence-electron chi connectivity index (χ2n) is 3.64. The first-order chi connectivity index (χ1) is 8.33. The zero-order chi connectivity index (χ0) is 13.8. The Morgan fingerprint density at radius 3 is 2.44 bits per heavy atom. The van der Waals surface area contributed by atoms with E-state index in [-0.39, 0.29) is 18.6 Å². The predicted molar refractivity (Wildman–Crippen MR) is 55.8 cm³/mol. The van der Waals surface area contributed by atoms with E-state index in [1.807, 2.05) is 0 Å². The summed E-state index contributed by atoms with van der Waals surface area (Å²) < 4.78 is 39.6. The first-order valence-electron chi connectivity index (χ1n) is 5.16. The van der Waals surface area contributed by atoms with Crippen LogP contribution in [-0.2, 0) is 0 Å². The molecule has 7 heteroatoms. The summed E-state index contributed by atoms with van der Waals surface area (Å²) in [5, 5.41) is 27.7. The van der Waals surface area contributed by atoms with Crippen LogP contribution < -0.4 is 4.74 Å². The molecule has 0 spiro atoms. The van der Waals surface area contributed by atoms with Crippen molar-refractivity contribution in [3.63, 3.8) is 0 Å². The fourth-order valence-electron chi connectivity index (χ4n) is 1.41. The van der Waals surface area contributed by atoms with Crippen molar-refractivity contribution in [2.45, 2.75) is 25.0 Å². The Hall–Kier alpha value is -1.31. The highest BCUT2D eigenvalue weighted by Crippen LogP contribution is 2.27. The first kappa shape index (κ1) is 14.7. The second kappa shape index (κ2) is 6.03. The first-order valence-corrected chi connectivity index (χ1v) is 5.16. The number of alkyl halides is 3. The van der Waals surface area contributed by atoms with Crippen molar-refractivity contribution in [1.82, 2.24) is 0 Å². The summed E-state index contributed by atoms with van der Waals surface area (Å²) in [6, 6.07) is 4.70. The number of ether oxygens (including phenoxy) is 1. The Labute approximate surface area is 101 Å². The van der Waals surface area contributed by atoms with Crippen molar-refractivity contribution < 1.29 is 33.2 Å². The minimum atomic E-state index is -4.81. The normalized spacial score (nSPS) is 15.2. The zero-order valence-electron chi connectivity index (χ0n) is 9.26. The molecule has 0 aliphatic rings. The fourth-order valence-corrected chi connectivity index (χ4v) is 1.41. The van der Waals surface area contributed by atoms with Crippen molar-refractivity contribution in [2.24, 2.45) is 0 Å². The van der Waals surface area contributed by atoms with Crippen LogP contribution in [0.3, 0.4) is 0 Å². The standard InChI is InChI=1S/C11H13F3O4/c12-11(13,14)18-8-3-1-2-7(6-8)10(17)9(16)4-5-15/h1-3,6,9-10,15-17H,4-5H2. The van der Waals surface area contributed by atoms with Crippen molar-refractivity contribution in [1.29, 1.82) is 0 Å². The second-order valence-corrected chi connectivity index (χ2v) is 3.64. The van der Waals surface area contributed by atoms with E-state index in [0.717, 1.165) is 12.1 Å². The van der Waals surface area contributed by atoms with E-state index in [2.05, 4.69) is 4.74 Å². The lowest BCUT2D eigenvalue weighted by Crippen LogP contribution is -2.20. The number of hydrogen-bond donors (Lipinski definition) is 3. The summed E-state index contributed by atoms with van der Waals surface area (Å²) in [7, 11) is 0. The average molecular weight is 266 g/mol. The topological polar surface area (TPSA) is 69.9 Å². The summed E-state index contributed by atoms with van der Waals surface area (Å²) in [5.74, 6) is -0.477. The Morgan fingerprint density at radius 1 is 1.22 bits per heavy atom. The summed E-state index contributed by atoms with van der Waals surface area (Å²) in [5.41, 5.74) is 0.0812. The van der Waals surface area contributed by atoms with Crippen LogP contribution in [0.2, 0.25) is 0 Å². The van der Waals surface area contributed by atoms with Gasteiger partial charge in [0, 0.05) is 6.61 Å². The van der Waals surface area contributed by atoms with Gasteiger partial charge in [-0.1, -0.05) is 12.1 Å². The summed E-state index contributed by atoms with van der Waals surface area (Å²) >= 11 is 0. The molecule has 0 bridgehead atoms. The predicted octanol–water partition coefficient (Wildman–Crippen LogP) is 1.36. The van der Waals surface area contributed by atoms with Crippen LogP contribution >= 0.6 is 0 Å². The molecule has 18 heavy (non-hydrogen) atoms. The molecule has 0 saturated carbocycles. The largest absolute Gasteiger partial charge is 0.573 e. The molecule has 1 aromatic carbocycles. The smallest absolute Gasteiger partial charge is 0.406 e. The molecule has 4 nitrogen and oxygen atoms in total. The molecule has 0 amide bonds. The Morgan fingerprint density at radius 2 is 1.89 bits per heavy atom. The summed E-state index contributed by atoms with van der Waals surface area (Å²) in [6.07, 6.45) is -7.52. The summed E-state index contributed by atoms with van der Waals surface area (Å²) in [6.45, 7) is -0.336. The van der Waals surface area contributed by atoms with Gasteiger partial charge >= 0.3 is 6.36 Å². The number of benzene rings is 1. The molecule has 0 fully saturated rings. The van der Waals surface area contributed by atoms with Crippen molar-refractivity contribution in [3.8, 4) is 5.75 Å². The summed E-state index contributed by atoms with van der Waals surface area (Å²) in [4.78, 5) is 0. The lowest BCUT2D eigenvalue weighted by molar-refractivity contribution is -0.274. The van der Waals surface area contributed by atoms with Gasteiger partial charge in [-0.15, -0.1) is 13.2 Å². The van der Waals surface area contributed by atoms with Gasteiger partial charge in [0.05, 0.1) is 6.10 Å². The van der Waals surface area contributed by atoms with Crippen molar-refractivity contribution in [2.75, 3.05) is 6.61 Å². The third-order valence-electron chi connectivity index (χ3n) is 2.22. The van der Waals surface area contributed by atoms with Gasteiger partial charge in [-0.2, -0.15) is 0 Å². The van der Waals surface area contributed by atoms with E-state index in [0.29, 0.717) is 0 Å². The van der Waals surface area contributed by atoms with Gasteiger partial charge in [-0.25, -0.2) is 0 Å². The maximum Gasteiger partial charge on any atom is 0.573 e. The van der Waals surface area contributed by atoms with Gasteiger partial charge in [-0.3, -0.25) is 0 Å². The van der Waals surface area contributed by atoms with Crippen LogP contribution in [0.1, 0.15) is 18.1 Å². The lowest BCUT2D eigenvalue weighted by Gasteiger charge is -2.18. The van der Waals surface area contributed by atoms with E-state index < -0.39 is 24.3 Å². The van der Waals surface area contributed by atoms with Crippen LogP contribution in [0.5, 0.6) is 5.75 Å². The molecular weight excluding hydrogens is 253 g/mol. The maximum absolute atomic E-state index is 12.0. The Kier molecular flexibility index (Phi) is 4.94. The SMILES string of the molecule is OCCC(O)C(O)c1cccc(OC(F)(F)F)c1. The molecule has 2 atom stereocenters. The molecule has 1 aromatic rings. The Balaban J connectivity index is 2.81. The molecule has 0 saturated heterocycles. The van der Waals surface area contributed by atoms with E-state index in [1.54, 1.807) is 0 Å². The van der Waals surface area contributed by atoms with Gasteiger partial charge in [0.2, 0.25) is 0 Å². The number of aliphatic hydroxyl groups is 3. The molecule has 3 N–H and O–H groups in total. The molecule has 2 unspecified atom stereocenters. The molecule has 0 aliphatic carbocycles. The molecule has 1 rings (SSSR count). The Bertz CT molecular complexity index is 381. The van der Waals surface area contributed by atoms with Gasteiger partial charge in [0.15, 0.2) is 0 Å². The molecule has 0 aromatic heterocycles. The number of rotatable bonds is 5.